The van der Waals surface area contributed by atoms with Crippen molar-refractivity contribution in [3.63, 3.8) is 0 Å². The molecule has 2 aromatic rings. The fraction of sp³-hybridized carbons (Fsp3) is 0.273. The highest BCUT2D eigenvalue weighted by atomic mass is 35.5. The number of benzene rings is 1. The quantitative estimate of drug-likeness (QED) is 0.749. The Morgan fingerprint density at radius 3 is 2.68 bits per heavy atom. The highest BCUT2D eigenvalue weighted by Crippen LogP contribution is 2.35. The fourth-order valence-corrected chi connectivity index (χ4v) is 1.93. The van der Waals surface area contributed by atoms with E-state index in [-0.39, 0.29) is 28.1 Å². The number of nitrogens with two attached hydrogens (primary N) is 2. The van der Waals surface area contributed by atoms with Crippen molar-refractivity contribution >= 4 is 28.7 Å². The van der Waals surface area contributed by atoms with E-state index >= 15 is 0 Å². The number of hydrogen-bond donors (Lipinski definition) is 3. The average Bonchev–Trinajstić information content (AvgIpc) is 2.78. The number of aryl methyl sites for hydroxylation is 1. The summed E-state index contributed by atoms with van der Waals surface area (Å²) in [5.41, 5.74) is 11.7. The van der Waals surface area contributed by atoms with Gasteiger partial charge in [0.05, 0.1) is 23.1 Å². The smallest absolute Gasteiger partial charge is 0.169 e. The molecule has 6 nitrogen and oxygen atoms in total. The monoisotopic (exact) mass is 284 g/mol. The lowest BCUT2D eigenvalue weighted by atomic mass is 10.2. The molecule has 0 saturated heterocycles. The van der Waals surface area contributed by atoms with Gasteiger partial charge in [-0.15, -0.1) is 10.2 Å². The van der Waals surface area contributed by atoms with Crippen molar-refractivity contribution < 1.29 is 4.39 Å². The molecule has 0 saturated carbocycles. The predicted molar refractivity (Wildman–Crippen MR) is 73.3 cm³/mol. The van der Waals surface area contributed by atoms with Crippen LogP contribution in [-0.2, 0) is 7.05 Å². The van der Waals surface area contributed by atoms with Gasteiger partial charge in [-0.3, -0.25) is 0 Å². The summed E-state index contributed by atoms with van der Waals surface area (Å²) < 4.78 is 15.8. The number of rotatable bonds is 3. The first-order valence-corrected chi connectivity index (χ1v) is 5.93. The minimum atomic E-state index is -0.673. The van der Waals surface area contributed by atoms with Gasteiger partial charge in [0.2, 0.25) is 0 Å². The second-order valence-corrected chi connectivity index (χ2v) is 4.60. The SMILES string of the molecule is CC(Nc1c(N)cc(N)c(Cl)c1F)c1nncn1C. The third kappa shape index (κ3) is 2.41. The van der Waals surface area contributed by atoms with Crippen LogP contribution >= 0.6 is 11.6 Å². The molecule has 0 radical (unpaired) electrons. The summed E-state index contributed by atoms with van der Waals surface area (Å²) in [4.78, 5) is 0. The van der Waals surface area contributed by atoms with Crippen molar-refractivity contribution in [3.8, 4) is 0 Å². The molecule has 1 atom stereocenters. The zero-order valence-corrected chi connectivity index (χ0v) is 11.2. The Hall–Kier alpha value is -2.02. The molecule has 102 valence electrons. The van der Waals surface area contributed by atoms with Crippen LogP contribution in [0, 0.1) is 5.82 Å². The zero-order chi connectivity index (χ0) is 14.2. The summed E-state index contributed by atoms with van der Waals surface area (Å²) in [5, 5.41) is 10.5. The molecule has 8 heteroatoms. The summed E-state index contributed by atoms with van der Waals surface area (Å²) in [6.45, 7) is 1.81. The minimum Gasteiger partial charge on any atom is -0.397 e. The van der Waals surface area contributed by atoms with Gasteiger partial charge in [-0.2, -0.15) is 0 Å². The Morgan fingerprint density at radius 2 is 2.11 bits per heavy atom. The van der Waals surface area contributed by atoms with Gasteiger partial charge in [-0.1, -0.05) is 11.6 Å². The van der Waals surface area contributed by atoms with E-state index in [1.165, 1.54) is 6.07 Å². The van der Waals surface area contributed by atoms with Crippen LogP contribution in [0.15, 0.2) is 12.4 Å². The van der Waals surface area contributed by atoms with E-state index in [0.29, 0.717) is 5.82 Å². The van der Waals surface area contributed by atoms with Crippen LogP contribution in [0.5, 0.6) is 0 Å². The number of nitrogen functional groups attached to an aromatic ring is 2. The standard InChI is InChI=1S/C11H14ClFN6/c1-5(11-18-16-4-19(11)2)17-10-7(15)3-6(14)8(12)9(10)13/h3-5,17H,14-15H2,1-2H3. The Bertz CT molecular complexity index is 611. The van der Waals surface area contributed by atoms with E-state index < -0.39 is 5.82 Å². The van der Waals surface area contributed by atoms with Gasteiger partial charge in [-0.25, -0.2) is 4.39 Å². The summed E-state index contributed by atoms with van der Waals surface area (Å²) in [7, 11) is 1.79. The van der Waals surface area contributed by atoms with Crippen LogP contribution in [0.2, 0.25) is 5.02 Å². The van der Waals surface area contributed by atoms with Crippen LogP contribution < -0.4 is 16.8 Å². The number of aromatic nitrogens is 3. The number of nitrogens with one attached hydrogen (secondary N) is 1. The molecule has 1 aromatic heterocycles. The predicted octanol–water partition coefficient (Wildman–Crippen LogP) is 1.95. The van der Waals surface area contributed by atoms with E-state index in [1.54, 1.807) is 17.9 Å². The van der Waals surface area contributed by atoms with Crippen LogP contribution in [0.25, 0.3) is 0 Å². The van der Waals surface area contributed by atoms with Crippen molar-refractivity contribution in [2.75, 3.05) is 16.8 Å². The average molecular weight is 285 g/mol. The topological polar surface area (TPSA) is 94.8 Å². The largest absolute Gasteiger partial charge is 0.397 e. The minimum absolute atomic E-state index is 0.105. The molecule has 0 bridgehead atoms. The van der Waals surface area contributed by atoms with Crippen LogP contribution in [0.1, 0.15) is 18.8 Å². The lowest BCUT2D eigenvalue weighted by Crippen LogP contribution is -2.14. The van der Waals surface area contributed by atoms with E-state index in [9.17, 15) is 4.39 Å². The van der Waals surface area contributed by atoms with E-state index in [2.05, 4.69) is 15.5 Å². The summed E-state index contributed by atoms with van der Waals surface area (Å²) in [5.74, 6) is -0.0278. The van der Waals surface area contributed by atoms with Crippen LogP contribution in [0.4, 0.5) is 21.5 Å². The molecule has 1 aromatic carbocycles. The maximum absolute atomic E-state index is 14.0. The molecular weight excluding hydrogens is 271 g/mol. The van der Waals surface area contributed by atoms with E-state index in [4.69, 9.17) is 23.1 Å². The van der Waals surface area contributed by atoms with Crippen LogP contribution in [0.3, 0.4) is 0 Å². The first-order valence-electron chi connectivity index (χ1n) is 5.55. The molecule has 0 fully saturated rings. The van der Waals surface area contributed by atoms with Gasteiger partial charge < -0.3 is 21.4 Å². The number of anilines is 3. The second kappa shape index (κ2) is 4.93. The van der Waals surface area contributed by atoms with Crippen LogP contribution in [-0.4, -0.2) is 14.8 Å². The molecule has 1 unspecified atom stereocenters. The summed E-state index contributed by atoms with van der Waals surface area (Å²) in [6, 6.07) is 1.13. The molecule has 2 rings (SSSR count). The van der Waals surface area contributed by atoms with E-state index in [1.807, 2.05) is 6.92 Å². The Labute approximate surface area is 114 Å². The molecule has 0 spiro atoms. The fourth-order valence-electron chi connectivity index (χ4n) is 1.78. The van der Waals surface area contributed by atoms with Gasteiger partial charge >= 0.3 is 0 Å². The molecule has 0 aliphatic carbocycles. The number of nitrogens with zero attached hydrogens (tertiary/aromatic N) is 3. The summed E-state index contributed by atoms with van der Waals surface area (Å²) >= 11 is 5.77. The highest BCUT2D eigenvalue weighted by Gasteiger charge is 2.18. The number of halogens is 2. The zero-order valence-electron chi connectivity index (χ0n) is 10.5. The number of hydrogen-bond acceptors (Lipinski definition) is 5. The molecule has 0 amide bonds. The van der Waals surface area contributed by atoms with Gasteiger partial charge in [0.1, 0.15) is 11.3 Å². The van der Waals surface area contributed by atoms with Gasteiger partial charge in [0.15, 0.2) is 11.6 Å². The van der Waals surface area contributed by atoms with Crippen molar-refractivity contribution in [1.82, 2.24) is 14.8 Å². The Morgan fingerprint density at radius 1 is 1.42 bits per heavy atom. The Kier molecular flexibility index (Phi) is 3.48. The van der Waals surface area contributed by atoms with Crippen molar-refractivity contribution in [2.45, 2.75) is 13.0 Å². The van der Waals surface area contributed by atoms with Gasteiger partial charge in [0, 0.05) is 7.05 Å². The normalized spacial score (nSPS) is 12.4. The van der Waals surface area contributed by atoms with Crippen molar-refractivity contribution in [1.29, 1.82) is 0 Å². The molecule has 0 aliphatic rings. The molecule has 1 heterocycles. The van der Waals surface area contributed by atoms with Gasteiger partial charge in [-0.05, 0) is 13.0 Å². The molecule has 19 heavy (non-hydrogen) atoms. The molecular formula is C11H14ClFN6. The highest BCUT2D eigenvalue weighted by molar-refractivity contribution is 6.33. The first kappa shape index (κ1) is 13.4. The third-order valence-electron chi connectivity index (χ3n) is 2.76. The summed E-state index contributed by atoms with van der Waals surface area (Å²) in [6.07, 6.45) is 1.56. The maximum atomic E-state index is 14.0. The lowest BCUT2D eigenvalue weighted by molar-refractivity contribution is 0.625. The van der Waals surface area contributed by atoms with Crippen molar-refractivity contribution in [3.05, 3.63) is 29.1 Å². The lowest BCUT2D eigenvalue weighted by Gasteiger charge is -2.17. The molecule has 5 N–H and O–H groups in total. The van der Waals surface area contributed by atoms with Gasteiger partial charge in [0.25, 0.3) is 0 Å². The molecule has 0 aliphatic heterocycles. The first-order chi connectivity index (χ1) is 8.91. The Balaban J connectivity index is 2.34. The third-order valence-corrected chi connectivity index (χ3v) is 3.14. The van der Waals surface area contributed by atoms with E-state index in [0.717, 1.165) is 0 Å². The second-order valence-electron chi connectivity index (χ2n) is 4.22. The van der Waals surface area contributed by atoms with Crippen molar-refractivity contribution in [2.24, 2.45) is 7.05 Å². The maximum Gasteiger partial charge on any atom is 0.169 e.